The van der Waals surface area contributed by atoms with Gasteiger partial charge in [-0.25, -0.2) is 0 Å². The predicted molar refractivity (Wildman–Crippen MR) is 37.4 cm³/mol. The molecule has 2 saturated heterocycles. The van der Waals surface area contributed by atoms with Gasteiger partial charge in [-0.3, -0.25) is 0 Å². The minimum atomic E-state index is 0.851. The lowest BCUT2D eigenvalue weighted by molar-refractivity contribution is 0.218. The minimum absolute atomic E-state index is 0.851. The minimum Gasteiger partial charge on any atom is -0.312 e. The van der Waals surface area contributed by atoms with Gasteiger partial charge >= 0.3 is 0 Å². The van der Waals surface area contributed by atoms with Crippen molar-refractivity contribution in [3.05, 3.63) is 0 Å². The van der Waals surface area contributed by atoms with Gasteiger partial charge in [0.1, 0.15) is 0 Å². The molecule has 1 N–H and O–H groups in total. The molecule has 2 aliphatic heterocycles. The number of likely N-dealkylation sites (N-methyl/N-ethyl adjacent to an activating group) is 1. The summed E-state index contributed by atoms with van der Waals surface area (Å²) in [5.74, 6) is 0. The second-order valence-electron chi connectivity index (χ2n) is 3.26. The Hall–Kier alpha value is -0.0800. The van der Waals surface area contributed by atoms with E-state index in [1.54, 1.807) is 0 Å². The van der Waals surface area contributed by atoms with Gasteiger partial charge in [0.25, 0.3) is 0 Å². The molecule has 2 fully saturated rings. The van der Waals surface area contributed by atoms with Crippen LogP contribution in [0.4, 0.5) is 0 Å². The molecule has 2 rings (SSSR count). The first kappa shape index (κ1) is 5.69. The smallest absolute Gasteiger partial charge is 0.0232 e. The van der Waals surface area contributed by atoms with Gasteiger partial charge in [-0.05, 0) is 26.4 Å². The van der Waals surface area contributed by atoms with Gasteiger partial charge in [0.2, 0.25) is 0 Å². The van der Waals surface area contributed by atoms with Crippen LogP contribution in [0.1, 0.15) is 12.8 Å². The number of rotatable bonds is 0. The molecule has 2 bridgehead atoms. The first-order chi connectivity index (χ1) is 4.36. The summed E-state index contributed by atoms with van der Waals surface area (Å²) in [5.41, 5.74) is 0. The lowest BCUT2D eigenvalue weighted by Gasteiger charge is -2.28. The lowest BCUT2D eigenvalue weighted by atomic mass is 10.0. The predicted octanol–water partition coefficient (Wildman–Crippen LogP) is 0.0524. The molecule has 9 heavy (non-hydrogen) atoms. The SMILES string of the molecule is CN1CCC2C[C@H]1CN2. The van der Waals surface area contributed by atoms with E-state index in [1.165, 1.54) is 25.9 Å². The molecule has 0 radical (unpaired) electrons. The number of nitrogens with zero attached hydrogens (tertiary/aromatic N) is 1. The van der Waals surface area contributed by atoms with Crippen molar-refractivity contribution in [3.8, 4) is 0 Å². The van der Waals surface area contributed by atoms with Crippen LogP contribution >= 0.6 is 0 Å². The van der Waals surface area contributed by atoms with E-state index < -0.39 is 0 Å². The van der Waals surface area contributed by atoms with Crippen LogP contribution in [0.2, 0.25) is 0 Å². The van der Waals surface area contributed by atoms with Crippen molar-refractivity contribution >= 4 is 0 Å². The van der Waals surface area contributed by atoms with Crippen LogP contribution in [0.5, 0.6) is 0 Å². The summed E-state index contributed by atoms with van der Waals surface area (Å²) >= 11 is 0. The average Bonchev–Trinajstić information content (AvgIpc) is 2.25. The van der Waals surface area contributed by atoms with E-state index in [4.69, 9.17) is 0 Å². The van der Waals surface area contributed by atoms with Gasteiger partial charge in [0.05, 0.1) is 0 Å². The molecule has 2 nitrogen and oxygen atoms in total. The molecule has 0 aliphatic carbocycles. The third kappa shape index (κ3) is 0.864. The Balaban J connectivity index is 2.05. The topological polar surface area (TPSA) is 15.3 Å². The maximum atomic E-state index is 3.51. The molecular weight excluding hydrogens is 112 g/mol. The fourth-order valence-corrected chi connectivity index (χ4v) is 1.90. The van der Waals surface area contributed by atoms with Crippen LogP contribution in [0, 0.1) is 0 Å². The van der Waals surface area contributed by atoms with E-state index >= 15 is 0 Å². The number of likely N-dealkylation sites (tertiary alicyclic amines) is 1. The molecule has 2 aliphatic rings. The lowest BCUT2D eigenvalue weighted by Crippen LogP contribution is -2.37. The summed E-state index contributed by atoms with van der Waals surface area (Å²) in [4.78, 5) is 2.47. The molecule has 1 unspecified atom stereocenters. The van der Waals surface area contributed by atoms with Gasteiger partial charge in [-0.15, -0.1) is 0 Å². The highest BCUT2D eigenvalue weighted by molar-refractivity contribution is 4.91. The molecule has 0 aromatic carbocycles. The molecule has 0 spiro atoms. The van der Waals surface area contributed by atoms with Crippen LogP contribution in [-0.4, -0.2) is 37.1 Å². The first-order valence-corrected chi connectivity index (χ1v) is 3.80. The van der Waals surface area contributed by atoms with Crippen molar-refractivity contribution in [2.75, 3.05) is 20.1 Å². The fraction of sp³-hybridized carbons (Fsp3) is 1.00. The van der Waals surface area contributed by atoms with Crippen molar-refractivity contribution < 1.29 is 0 Å². The number of nitrogens with one attached hydrogen (secondary N) is 1. The summed E-state index contributed by atoms with van der Waals surface area (Å²) in [7, 11) is 2.23. The van der Waals surface area contributed by atoms with Crippen LogP contribution in [-0.2, 0) is 0 Å². The largest absolute Gasteiger partial charge is 0.312 e. The Morgan fingerprint density at radius 3 is 3.22 bits per heavy atom. The second kappa shape index (κ2) is 1.96. The summed E-state index contributed by atoms with van der Waals surface area (Å²) in [6.07, 6.45) is 2.74. The van der Waals surface area contributed by atoms with Crippen molar-refractivity contribution in [3.63, 3.8) is 0 Å². The Kier molecular flexibility index (Phi) is 1.24. The van der Waals surface area contributed by atoms with E-state index in [9.17, 15) is 0 Å². The number of hydrogen-bond acceptors (Lipinski definition) is 2. The molecule has 52 valence electrons. The molecular formula is C7H14N2. The van der Waals surface area contributed by atoms with Crippen molar-refractivity contribution in [1.82, 2.24) is 10.2 Å². The summed E-state index contributed by atoms with van der Waals surface area (Å²) < 4.78 is 0. The normalized spacial score (nSPS) is 43.7. The zero-order valence-corrected chi connectivity index (χ0v) is 5.93. The van der Waals surface area contributed by atoms with Crippen molar-refractivity contribution in [2.45, 2.75) is 24.9 Å². The highest BCUT2D eigenvalue weighted by Gasteiger charge is 2.31. The van der Waals surface area contributed by atoms with Gasteiger partial charge in [-0.1, -0.05) is 0 Å². The van der Waals surface area contributed by atoms with E-state index in [0.717, 1.165) is 12.1 Å². The number of fused-ring (bicyclic) bond motifs is 2. The van der Waals surface area contributed by atoms with Gasteiger partial charge in [0.15, 0.2) is 0 Å². The van der Waals surface area contributed by atoms with Gasteiger partial charge < -0.3 is 10.2 Å². The molecule has 2 heterocycles. The molecule has 0 aromatic rings. The Morgan fingerprint density at radius 2 is 2.44 bits per heavy atom. The average molecular weight is 126 g/mol. The summed E-state index contributed by atoms with van der Waals surface area (Å²) in [5, 5.41) is 3.51. The molecule has 0 amide bonds. The Bertz CT molecular complexity index is 113. The monoisotopic (exact) mass is 126 g/mol. The van der Waals surface area contributed by atoms with E-state index in [0.29, 0.717) is 0 Å². The van der Waals surface area contributed by atoms with Crippen molar-refractivity contribution in [1.29, 1.82) is 0 Å². The maximum absolute atomic E-state index is 3.51. The van der Waals surface area contributed by atoms with Crippen LogP contribution in [0.15, 0.2) is 0 Å². The second-order valence-corrected chi connectivity index (χ2v) is 3.26. The highest BCUT2D eigenvalue weighted by atomic mass is 15.2. The zero-order valence-electron chi connectivity index (χ0n) is 5.93. The van der Waals surface area contributed by atoms with Crippen molar-refractivity contribution in [2.24, 2.45) is 0 Å². The number of hydrogen-bond donors (Lipinski definition) is 1. The Morgan fingerprint density at radius 1 is 1.56 bits per heavy atom. The molecule has 2 heteroatoms. The number of piperidine rings is 1. The standard InChI is InChI=1S/C7H14N2/c1-9-3-2-6-4-7(9)5-8-6/h6-8H,2-5H2,1H3/t6?,7-/m0/s1. The zero-order chi connectivity index (χ0) is 6.27. The van der Waals surface area contributed by atoms with Gasteiger partial charge in [0, 0.05) is 18.6 Å². The van der Waals surface area contributed by atoms with Gasteiger partial charge in [-0.2, -0.15) is 0 Å². The summed E-state index contributed by atoms with van der Waals surface area (Å²) in [6.45, 7) is 2.52. The Labute approximate surface area is 56.2 Å². The first-order valence-electron chi connectivity index (χ1n) is 3.80. The third-order valence-corrected chi connectivity index (χ3v) is 2.65. The van der Waals surface area contributed by atoms with E-state index in [2.05, 4.69) is 17.3 Å². The quantitative estimate of drug-likeness (QED) is 0.493. The molecule has 0 aromatic heterocycles. The molecule has 2 atom stereocenters. The maximum Gasteiger partial charge on any atom is 0.0232 e. The van der Waals surface area contributed by atoms with E-state index in [1.807, 2.05) is 0 Å². The van der Waals surface area contributed by atoms with E-state index in [-0.39, 0.29) is 0 Å². The fourth-order valence-electron chi connectivity index (χ4n) is 1.90. The highest BCUT2D eigenvalue weighted by Crippen LogP contribution is 2.20. The van der Waals surface area contributed by atoms with Crippen LogP contribution in [0.3, 0.4) is 0 Å². The van der Waals surface area contributed by atoms with Crippen LogP contribution in [0.25, 0.3) is 0 Å². The van der Waals surface area contributed by atoms with Crippen LogP contribution < -0.4 is 5.32 Å². The third-order valence-electron chi connectivity index (χ3n) is 2.65. The summed E-state index contributed by atoms with van der Waals surface area (Å²) in [6, 6.07) is 1.70. The molecule has 0 saturated carbocycles.